The topological polar surface area (TPSA) is 24.6 Å². The van der Waals surface area contributed by atoms with Crippen LogP contribution >= 0.6 is 11.8 Å². The van der Waals surface area contributed by atoms with Crippen LogP contribution in [0.2, 0.25) is 0 Å². The molecular formula is C72H47N3OS. The number of aromatic nitrogens is 1. The maximum absolute atomic E-state index is 6.69. The third-order valence-corrected chi connectivity index (χ3v) is 17.4. The van der Waals surface area contributed by atoms with Gasteiger partial charge in [0.25, 0.3) is 0 Å². The van der Waals surface area contributed by atoms with Gasteiger partial charge in [-0.3, -0.25) is 0 Å². The van der Waals surface area contributed by atoms with Gasteiger partial charge in [0, 0.05) is 72.4 Å². The van der Waals surface area contributed by atoms with E-state index in [0.29, 0.717) is 6.54 Å². The van der Waals surface area contributed by atoms with E-state index in [4.69, 9.17) is 4.42 Å². The van der Waals surface area contributed by atoms with Crippen LogP contribution in [0.3, 0.4) is 0 Å². The van der Waals surface area contributed by atoms with Gasteiger partial charge in [0.15, 0.2) is 0 Å². The number of para-hydroxylation sites is 5. The number of benzene rings is 12. The van der Waals surface area contributed by atoms with Gasteiger partial charge in [0.1, 0.15) is 11.2 Å². The van der Waals surface area contributed by atoms with Crippen molar-refractivity contribution in [3.05, 3.63) is 301 Å². The van der Waals surface area contributed by atoms with Gasteiger partial charge in [0.05, 0.1) is 22.1 Å². The molecule has 0 radical (unpaired) electrons. The smallest absolute Gasteiger partial charge is 0.137 e. The van der Waals surface area contributed by atoms with Gasteiger partial charge in [-0.25, -0.2) is 0 Å². The van der Waals surface area contributed by atoms with Crippen molar-refractivity contribution in [1.29, 1.82) is 0 Å². The second kappa shape index (κ2) is 17.3. The fourth-order valence-electron chi connectivity index (χ4n) is 13.0. The van der Waals surface area contributed by atoms with Crippen LogP contribution in [0.25, 0.3) is 71.3 Å². The summed E-state index contributed by atoms with van der Waals surface area (Å²) in [5.41, 5.74) is 19.2. The van der Waals surface area contributed by atoms with E-state index in [1.54, 1.807) is 0 Å². The van der Waals surface area contributed by atoms with Crippen molar-refractivity contribution in [2.45, 2.75) is 21.8 Å². The number of fused-ring (bicyclic) bond motifs is 17. The Morgan fingerprint density at radius 2 is 0.961 bits per heavy atom. The van der Waals surface area contributed by atoms with Gasteiger partial charge in [0.2, 0.25) is 0 Å². The summed E-state index contributed by atoms with van der Waals surface area (Å²) in [6.45, 7) is 0.646. The van der Waals surface area contributed by atoms with Crippen LogP contribution in [0, 0.1) is 0 Å². The summed E-state index contributed by atoms with van der Waals surface area (Å²) in [6, 6.07) is 100. The normalized spacial score (nSPS) is 13.0. The van der Waals surface area contributed by atoms with Crippen molar-refractivity contribution in [3.8, 4) is 16.8 Å². The van der Waals surface area contributed by atoms with E-state index in [-0.39, 0.29) is 0 Å². The fraction of sp³-hybridized carbons (Fsp3) is 0.0278. The second-order valence-corrected chi connectivity index (χ2v) is 21.4. The molecule has 0 fully saturated rings. The van der Waals surface area contributed by atoms with Crippen molar-refractivity contribution in [1.82, 2.24) is 4.57 Å². The molecule has 0 N–H and O–H groups in total. The summed E-state index contributed by atoms with van der Waals surface area (Å²) < 4.78 is 9.25. The van der Waals surface area contributed by atoms with E-state index in [1.807, 2.05) is 11.8 Å². The predicted molar refractivity (Wildman–Crippen MR) is 320 cm³/mol. The van der Waals surface area contributed by atoms with E-state index >= 15 is 0 Å². The zero-order chi connectivity index (χ0) is 50.6. The minimum Gasteiger partial charge on any atom is -0.456 e. The molecule has 2 aliphatic rings. The zero-order valence-electron chi connectivity index (χ0n) is 41.8. The summed E-state index contributed by atoms with van der Waals surface area (Å²) in [5.74, 6) is 0. The first-order valence-electron chi connectivity index (χ1n) is 26.4. The average molecular weight is 1000 g/mol. The molecule has 0 unspecified atom stereocenters. The van der Waals surface area contributed by atoms with Crippen LogP contribution in [0.5, 0.6) is 0 Å². The third-order valence-electron chi connectivity index (χ3n) is 16.2. The first kappa shape index (κ1) is 43.8. The van der Waals surface area contributed by atoms with Crippen LogP contribution in [0.4, 0.5) is 28.4 Å². The lowest BCUT2D eigenvalue weighted by Crippen LogP contribution is -2.32. The molecule has 0 bridgehead atoms. The van der Waals surface area contributed by atoms with E-state index in [2.05, 4.69) is 287 Å². The quantitative estimate of drug-likeness (QED) is 0.151. The standard InChI is InChI=1S/C72H47N3OS/c1-5-22-50(23-6-1)73(54-37-38-57-60-43-48-20-13-14-21-49(48)44-66(60)76-67(57)45-54)46-47-36-40-63-68(42-47)77-71-64(72(63)61-33-17-15-30-55(61)56-31-16-18-34-62(56)72)41-39-59-58-32-19-35-65(69(58)75(70(59)71)53-28-11-4-12-29-53)74(51-24-7-2-8-25-51)52-26-9-3-10-27-52/h1-45H,46H2. The first-order valence-corrected chi connectivity index (χ1v) is 27.3. The molecule has 1 aliphatic heterocycles. The summed E-state index contributed by atoms with van der Waals surface area (Å²) in [4.78, 5) is 7.36. The van der Waals surface area contributed by atoms with Crippen molar-refractivity contribution in [2.75, 3.05) is 9.80 Å². The Balaban J connectivity index is 0.933. The summed E-state index contributed by atoms with van der Waals surface area (Å²) >= 11 is 1.92. The predicted octanol–water partition coefficient (Wildman–Crippen LogP) is 19.5. The highest BCUT2D eigenvalue weighted by Gasteiger charge is 2.51. The lowest BCUT2D eigenvalue weighted by atomic mass is 9.67. The van der Waals surface area contributed by atoms with Gasteiger partial charge in [-0.15, -0.1) is 0 Å². The maximum Gasteiger partial charge on any atom is 0.137 e. The van der Waals surface area contributed by atoms with Gasteiger partial charge in [-0.1, -0.05) is 194 Å². The molecule has 14 aromatic rings. The number of hydrogen-bond acceptors (Lipinski definition) is 4. The number of hydrogen-bond donors (Lipinski definition) is 0. The highest BCUT2D eigenvalue weighted by Crippen LogP contribution is 2.64. The molecule has 1 aliphatic carbocycles. The summed E-state index contributed by atoms with van der Waals surface area (Å²) in [7, 11) is 0. The molecule has 362 valence electrons. The SMILES string of the molecule is c1ccc(N(Cc2ccc3c(c2)Sc2c(ccc4c5cccc(N(c6ccccc6)c6ccccc6)c5n(-c5ccccc5)c24)C32c3ccccc3-c3ccccc32)c2ccc3c(c2)oc2cc4ccccc4cc23)cc1. The molecular weight excluding hydrogens is 955 g/mol. The molecule has 0 saturated heterocycles. The molecule has 5 heteroatoms. The molecule has 12 aromatic carbocycles. The lowest BCUT2D eigenvalue weighted by molar-refractivity contribution is 0.669. The molecule has 0 amide bonds. The van der Waals surface area contributed by atoms with E-state index in [9.17, 15) is 0 Å². The fourth-order valence-corrected chi connectivity index (χ4v) is 14.4. The first-order chi connectivity index (χ1) is 38.2. The van der Waals surface area contributed by atoms with Crippen LogP contribution < -0.4 is 9.80 Å². The molecule has 16 rings (SSSR count). The lowest BCUT2D eigenvalue weighted by Gasteiger charge is -2.40. The number of anilines is 5. The van der Waals surface area contributed by atoms with Crippen LogP contribution in [0.15, 0.2) is 287 Å². The Morgan fingerprint density at radius 1 is 0.390 bits per heavy atom. The van der Waals surface area contributed by atoms with Gasteiger partial charge >= 0.3 is 0 Å². The van der Waals surface area contributed by atoms with E-state index in [0.717, 1.165) is 61.6 Å². The molecule has 0 saturated carbocycles. The van der Waals surface area contributed by atoms with Crippen molar-refractivity contribution in [2.24, 2.45) is 0 Å². The summed E-state index contributed by atoms with van der Waals surface area (Å²) in [5, 5.41) is 7.06. The Hall–Kier alpha value is -9.55. The van der Waals surface area contributed by atoms with Gasteiger partial charge in [-0.2, -0.15) is 0 Å². The van der Waals surface area contributed by atoms with Crippen molar-refractivity contribution in [3.63, 3.8) is 0 Å². The Kier molecular flexibility index (Phi) is 9.82. The molecule has 0 atom stereocenters. The minimum atomic E-state index is -0.590. The van der Waals surface area contributed by atoms with Crippen LogP contribution in [-0.4, -0.2) is 4.57 Å². The number of rotatable bonds is 8. The van der Waals surface area contributed by atoms with E-state index in [1.165, 1.54) is 75.8 Å². The molecule has 2 aromatic heterocycles. The highest BCUT2D eigenvalue weighted by atomic mass is 32.2. The van der Waals surface area contributed by atoms with Crippen molar-refractivity contribution < 1.29 is 4.42 Å². The van der Waals surface area contributed by atoms with Crippen LogP contribution in [-0.2, 0) is 12.0 Å². The Morgan fingerprint density at radius 3 is 1.66 bits per heavy atom. The van der Waals surface area contributed by atoms with Gasteiger partial charge < -0.3 is 18.8 Å². The summed E-state index contributed by atoms with van der Waals surface area (Å²) in [6.07, 6.45) is 0. The molecule has 4 nitrogen and oxygen atoms in total. The molecule has 3 heterocycles. The third kappa shape index (κ3) is 6.60. The second-order valence-electron chi connectivity index (χ2n) is 20.4. The minimum absolute atomic E-state index is 0.590. The highest BCUT2D eigenvalue weighted by molar-refractivity contribution is 7.99. The molecule has 77 heavy (non-hydrogen) atoms. The Labute approximate surface area is 450 Å². The Bertz CT molecular complexity index is 4560. The van der Waals surface area contributed by atoms with Crippen molar-refractivity contribution >= 4 is 94.7 Å². The largest absolute Gasteiger partial charge is 0.456 e. The zero-order valence-corrected chi connectivity index (χ0v) is 42.7. The van der Waals surface area contributed by atoms with E-state index < -0.39 is 5.41 Å². The monoisotopic (exact) mass is 1000 g/mol. The average Bonchev–Trinajstić information content (AvgIpc) is 4.33. The van der Waals surface area contributed by atoms with Gasteiger partial charge in [-0.05, 0) is 135 Å². The molecule has 1 spiro atoms. The number of nitrogens with zero attached hydrogens (tertiary/aromatic N) is 3. The van der Waals surface area contributed by atoms with Crippen LogP contribution in [0.1, 0.15) is 27.8 Å². The number of furan rings is 1. The maximum atomic E-state index is 6.69.